The number of benzene rings is 1. The number of nitrogen functional groups attached to an aromatic ring is 1. The molecule has 0 aromatic heterocycles. The Hall–Kier alpha value is -1.84. The Bertz CT molecular complexity index is 415. The lowest BCUT2D eigenvalue weighted by Gasteiger charge is -2.19. The minimum absolute atomic E-state index is 0.249. The molecule has 0 aliphatic heterocycles. The number of Topliss-reactive ketones (excluding diaryl/α,β-unsaturated/α-hetero) is 1. The Balaban J connectivity index is 2.61. The van der Waals surface area contributed by atoms with Gasteiger partial charge in [-0.2, -0.15) is 0 Å². The van der Waals surface area contributed by atoms with Gasteiger partial charge in [0.2, 0.25) is 0 Å². The number of anilines is 1. The Labute approximate surface area is 101 Å². The van der Waals surface area contributed by atoms with Gasteiger partial charge >= 0.3 is 5.97 Å². The zero-order valence-corrected chi connectivity index (χ0v) is 10.3. The number of ether oxygens (including phenoxy) is 1. The van der Waals surface area contributed by atoms with Crippen LogP contribution in [-0.4, -0.2) is 17.4 Å². The molecule has 17 heavy (non-hydrogen) atoms. The first-order valence-corrected chi connectivity index (χ1v) is 5.38. The van der Waals surface area contributed by atoms with Crippen LogP contribution in [-0.2, 0) is 9.53 Å². The van der Waals surface area contributed by atoms with Crippen molar-refractivity contribution in [3.05, 3.63) is 29.8 Å². The molecule has 0 amide bonds. The number of carbonyl (C=O) groups is 2. The molecule has 4 nitrogen and oxygen atoms in total. The Morgan fingerprint density at radius 3 is 2.18 bits per heavy atom. The molecule has 1 rings (SSSR count). The predicted molar refractivity (Wildman–Crippen MR) is 65.6 cm³/mol. The summed E-state index contributed by atoms with van der Waals surface area (Å²) in [4.78, 5) is 23.2. The van der Waals surface area contributed by atoms with Crippen molar-refractivity contribution in [1.82, 2.24) is 0 Å². The fraction of sp³-hybridized carbons (Fsp3) is 0.385. The third kappa shape index (κ3) is 4.68. The predicted octanol–water partition coefficient (Wildman–Crippen LogP) is 2.18. The van der Waals surface area contributed by atoms with Crippen LogP contribution in [0.2, 0.25) is 0 Å². The van der Waals surface area contributed by atoms with E-state index in [0.717, 1.165) is 0 Å². The summed E-state index contributed by atoms with van der Waals surface area (Å²) < 4.78 is 5.07. The van der Waals surface area contributed by atoms with Gasteiger partial charge in [0.05, 0.1) is 0 Å². The lowest BCUT2D eigenvalue weighted by molar-refractivity contribution is -0.153. The zero-order valence-electron chi connectivity index (χ0n) is 10.3. The van der Waals surface area contributed by atoms with Crippen LogP contribution in [0.15, 0.2) is 24.3 Å². The van der Waals surface area contributed by atoms with Gasteiger partial charge in [-0.15, -0.1) is 0 Å². The zero-order chi connectivity index (χ0) is 13.1. The van der Waals surface area contributed by atoms with Crippen LogP contribution in [0, 0.1) is 0 Å². The van der Waals surface area contributed by atoms with Crippen molar-refractivity contribution in [2.24, 2.45) is 0 Å². The highest BCUT2D eigenvalue weighted by atomic mass is 16.6. The molecule has 0 saturated heterocycles. The van der Waals surface area contributed by atoms with E-state index in [1.165, 1.54) is 0 Å². The molecule has 1 aromatic rings. The van der Waals surface area contributed by atoms with Gasteiger partial charge in [-0.25, -0.2) is 0 Å². The van der Waals surface area contributed by atoms with Crippen LogP contribution in [0.1, 0.15) is 37.6 Å². The quantitative estimate of drug-likeness (QED) is 0.377. The lowest BCUT2D eigenvalue weighted by atomic mass is 10.1. The van der Waals surface area contributed by atoms with Gasteiger partial charge in [0.25, 0.3) is 0 Å². The fourth-order valence-corrected chi connectivity index (χ4v) is 1.28. The molecule has 92 valence electrons. The topological polar surface area (TPSA) is 69.4 Å². The molecule has 0 aliphatic carbocycles. The van der Waals surface area contributed by atoms with E-state index in [1.807, 2.05) is 0 Å². The summed E-state index contributed by atoms with van der Waals surface area (Å²) in [5.41, 5.74) is 5.98. The van der Waals surface area contributed by atoms with Gasteiger partial charge in [-0.05, 0) is 45.0 Å². The Kier molecular flexibility index (Phi) is 3.89. The number of hydrogen-bond acceptors (Lipinski definition) is 4. The number of ketones is 1. The van der Waals surface area contributed by atoms with Gasteiger partial charge in [0, 0.05) is 11.3 Å². The minimum atomic E-state index is -0.571. The first-order chi connectivity index (χ1) is 7.78. The van der Waals surface area contributed by atoms with E-state index >= 15 is 0 Å². The van der Waals surface area contributed by atoms with Crippen molar-refractivity contribution in [3.8, 4) is 0 Å². The SMILES string of the molecule is CC(C)(C)OC(=O)CC(=O)c1ccc(N)cc1. The van der Waals surface area contributed by atoms with Crippen LogP contribution < -0.4 is 5.73 Å². The van der Waals surface area contributed by atoms with Crippen molar-refractivity contribution in [2.75, 3.05) is 5.73 Å². The molecule has 0 unspecified atom stereocenters. The molecular weight excluding hydrogens is 218 g/mol. The number of esters is 1. The minimum Gasteiger partial charge on any atom is -0.460 e. The Morgan fingerprint density at radius 1 is 1.18 bits per heavy atom. The third-order valence-corrected chi connectivity index (χ3v) is 1.96. The number of rotatable bonds is 3. The number of carbonyl (C=O) groups excluding carboxylic acids is 2. The maximum atomic E-state index is 11.7. The molecule has 0 aliphatic rings. The second-order valence-electron chi connectivity index (χ2n) is 4.81. The maximum absolute atomic E-state index is 11.7. The summed E-state index contributed by atoms with van der Waals surface area (Å²) in [5, 5.41) is 0. The van der Waals surface area contributed by atoms with Crippen molar-refractivity contribution < 1.29 is 14.3 Å². The maximum Gasteiger partial charge on any atom is 0.314 e. The number of hydrogen-bond donors (Lipinski definition) is 1. The molecule has 0 bridgehead atoms. The highest BCUT2D eigenvalue weighted by molar-refractivity contribution is 6.06. The number of nitrogens with two attached hydrogens (primary N) is 1. The van der Waals surface area contributed by atoms with Crippen LogP contribution in [0.4, 0.5) is 5.69 Å². The van der Waals surface area contributed by atoms with Gasteiger partial charge in [-0.1, -0.05) is 0 Å². The van der Waals surface area contributed by atoms with Gasteiger partial charge in [0.15, 0.2) is 5.78 Å². The van der Waals surface area contributed by atoms with E-state index in [2.05, 4.69) is 0 Å². The summed E-state index contributed by atoms with van der Waals surface area (Å²) >= 11 is 0. The van der Waals surface area contributed by atoms with Crippen LogP contribution in [0.5, 0.6) is 0 Å². The van der Waals surface area contributed by atoms with E-state index in [4.69, 9.17) is 10.5 Å². The van der Waals surface area contributed by atoms with Crippen LogP contribution in [0.3, 0.4) is 0 Å². The fourth-order valence-electron chi connectivity index (χ4n) is 1.28. The largest absolute Gasteiger partial charge is 0.460 e. The second kappa shape index (κ2) is 4.99. The molecule has 1 aromatic carbocycles. The van der Waals surface area contributed by atoms with Gasteiger partial charge < -0.3 is 10.5 Å². The Morgan fingerprint density at radius 2 is 1.71 bits per heavy atom. The molecule has 0 atom stereocenters. The van der Waals surface area contributed by atoms with E-state index in [0.29, 0.717) is 11.3 Å². The molecule has 0 saturated carbocycles. The summed E-state index contributed by atoms with van der Waals surface area (Å²) in [6.07, 6.45) is -0.249. The molecule has 0 fully saturated rings. The van der Waals surface area contributed by atoms with Gasteiger partial charge in [-0.3, -0.25) is 9.59 Å². The van der Waals surface area contributed by atoms with E-state index < -0.39 is 11.6 Å². The molecule has 0 spiro atoms. The van der Waals surface area contributed by atoms with E-state index in [1.54, 1.807) is 45.0 Å². The monoisotopic (exact) mass is 235 g/mol. The summed E-state index contributed by atoms with van der Waals surface area (Å²) in [6.45, 7) is 5.29. The summed E-state index contributed by atoms with van der Waals surface area (Å²) in [5.74, 6) is -0.779. The van der Waals surface area contributed by atoms with Crippen LogP contribution >= 0.6 is 0 Å². The average Bonchev–Trinajstić information content (AvgIpc) is 2.15. The molecule has 4 heteroatoms. The lowest BCUT2D eigenvalue weighted by Crippen LogP contribution is -2.25. The molecule has 0 heterocycles. The molecule has 2 N–H and O–H groups in total. The van der Waals surface area contributed by atoms with Crippen molar-refractivity contribution in [3.63, 3.8) is 0 Å². The summed E-state index contributed by atoms with van der Waals surface area (Å²) in [7, 11) is 0. The van der Waals surface area contributed by atoms with Gasteiger partial charge in [0.1, 0.15) is 12.0 Å². The normalized spacial score (nSPS) is 11.0. The summed E-state index contributed by atoms with van der Waals surface area (Å²) in [6, 6.07) is 6.45. The standard InChI is InChI=1S/C13H17NO3/c1-13(2,3)17-12(16)8-11(15)9-4-6-10(14)7-5-9/h4-7H,8,14H2,1-3H3. The second-order valence-corrected chi connectivity index (χ2v) is 4.81. The van der Waals surface area contributed by atoms with Crippen molar-refractivity contribution in [1.29, 1.82) is 0 Å². The van der Waals surface area contributed by atoms with E-state index in [9.17, 15) is 9.59 Å². The molecule has 0 radical (unpaired) electrons. The first kappa shape index (κ1) is 13.2. The first-order valence-electron chi connectivity index (χ1n) is 5.38. The highest BCUT2D eigenvalue weighted by Gasteiger charge is 2.19. The molecular formula is C13H17NO3. The highest BCUT2D eigenvalue weighted by Crippen LogP contribution is 2.12. The van der Waals surface area contributed by atoms with Crippen molar-refractivity contribution >= 4 is 17.4 Å². The average molecular weight is 235 g/mol. The van der Waals surface area contributed by atoms with Crippen molar-refractivity contribution in [2.45, 2.75) is 32.8 Å². The third-order valence-electron chi connectivity index (χ3n) is 1.96. The van der Waals surface area contributed by atoms with Crippen LogP contribution in [0.25, 0.3) is 0 Å². The smallest absolute Gasteiger partial charge is 0.314 e. The van der Waals surface area contributed by atoms with E-state index in [-0.39, 0.29) is 12.2 Å².